The molecular formula is C17H24N6O3. The summed E-state index contributed by atoms with van der Waals surface area (Å²) in [7, 11) is 5.45. The molecule has 1 saturated heterocycles. The van der Waals surface area contributed by atoms with Crippen LogP contribution in [0.1, 0.15) is 11.5 Å². The molecule has 1 fully saturated rings. The molecule has 0 radical (unpaired) electrons. The predicted molar refractivity (Wildman–Crippen MR) is 96.2 cm³/mol. The van der Waals surface area contributed by atoms with E-state index in [0.29, 0.717) is 30.5 Å². The van der Waals surface area contributed by atoms with Gasteiger partial charge in [0.15, 0.2) is 0 Å². The molecule has 0 aliphatic carbocycles. The highest BCUT2D eigenvalue weighted by molar-refractivity contribution is 5.78. The topological polar surface area (TPSA) is 96.6 Å². The van der Waals surface area contributed by atoms with Gasteiger partial charge < -0.3 is 24.4 Å². The average molecular weight is 360 g/mol. The number of rotatable bonds is 6. The van der Waals surface area contributed by atoms with E-state index in [-0.39, 0.29) is 24.5 Å². The molecule has 0 bridgehead atoms. The molecule has 2 aromatic heterocycles. The number of hydrogen-bond donors (Lipinski definition) is 1. The summed E-state index contributed by atoms with van der Waals surface area (Å²) in [6.45, 7) is 3.06. The van der Waals surface area contributed by atoms with E-state index in [4.69, 9.17) is 9.26 Å². The Morgan fingerprint density at radius 2 is 2.27 bits per heavy atom. The van der Waals surface area contributed by atoms with E-state index in [1.165, 1.54) is 0 Å². The highest BCUT2D eigenvalue weighted by Crippen LogP contribution is 2.21. The lowest BCUT2D eigenvalue weighted by Gasteiger charge is -2.19. The molecule has 1 aliphatic rings. The summed E-state index contributed by atoms with van der Waals surface area (Å²) >= 11 is 0. The number of anilines is 2. The Labute approximate surface area is 152 Å². The lowest BCUT2D eigenvalue weighted by atomic mass is 10.2. The number of methoxy groups -OCH3 is 1. The summed E-state index contributed by atoms with van der Waals surface area (Å²) in [5.41, 5.74) is 0.621. The molecule has 2 aromatic rings. The first kappa shape index (κ1) is 18.1. The second-order valence-electron chi connectivity index (χ2n) is 6.57. The fraction of sp³-hybridized carbons (Fsp3) is 0.529. The van der Waals surface area contributed by atoms with Gasteiger partial charge in [0.1, 0.15) is 11.6 Å². The highest BCUT2D eigenvalue weighted by atomic mass is 16.5. The van der Waals surface area contributed by atoms with Crippen molar-refractivity contribution < 1.29 is 14.1 Å². The SMILES string of the molecule is CO[C@@H]1CN(c2ccnc(N(C)C)n2)C[C@@H]1NC(=O)Cc1cc(C)on1. The van der Waals surface area contributed by atoms with E-state index in [0.717, 1.165) is 5.82 Å². The summed E-state index contributed by atoms with van der Waals surface area (Å²) in [5, 5.41) is 6.89. The van der Waals surface area contributed by atoms with Crippen LogP contribution in [0.2, 0.25) is 0 Å². The number of amides is 1. The van der Waals surface area contributed by atoms with Crippen molar-refractivity contribution >= 4 is 17.7 Å². The van der Waals surface area contributed by atoms with Crippen LogP contribution < -0.4 is 15.1 Å². The molecule has 26 heavy (non-hydrogen) atoms. The van der Waals surface area contributed by atoms with Crippen molar-refractivity contribution in [2.75, 3.05) is 44.1 Å². The van der Waals surface area contributed by atoms with Gasteiger partial charge in [-0.3, -0.25) is 4.79 Å². The van der Waals surface area contributed by atoms with Gasteiger partial charge >= 0.3 is 0 Å². The zero-order valence-corrected chi connectivity index (χ0v) is 15.5. The quantitative estimate of drug-likeness (QED) is 0.791. The molecule has 1 N–H and O–H groups in total. The van der Waals surface area contributed by atoms with Gasteiger partial charge in [0, 0.05) is 46.6 Å². The molecule has 0 aromatic carbocycles. The Balaban J connectivity index is 1.65. The summed E-state index contributed by atoms with van der Waals surface area (Å²) in [6, 6.07) is 3.50. The molecular weight excluding hydrogens is 336 g/mol. The van der Waals surface area contributed by atoms with Crippen LogP contribution in [0.4, 0.5) is 11.8 Å². The minimum Gasteiger partial charge on any atom is -0.377 e. The largest absolute Gasteiger partial charge is 0.377 e. The zero-order chi connectivity index (χ0) is 18.7. The van der Waals surface area contributed by atoms with E-state index in [9.17, 15) is 4.79 Å². The third-order valence-corrected chi connectivity index (χ3v) is 4.29. The fourth-order valence-corrected chi connectivity index (χ4v) is 2.99. The Hall–Kier alpha value is -2.68. The normalized spacial score (nSPS) is 19.6. The Morgan fingerprint density at radius 1 is 1.46 bits per heavy atom. The molecule has 1 aliphatic heterocycles. The smallest absolute Gasteiger partial charge is 0.226 e. The van der Waals surface area contributed by atoms with Gasteiger partial charge in [-0.1, -0.05) is 5.16 Å². The van der Waals surface area contributed by atoms with Crippen LogP contribution in [0.25, 0.3) is 0 Å². The number of carbonyl (C=O) groups is 1. The van der Waals surface area contributed by atoms with E-state index in [1.54, 1.807) is 26.3 Å². The number of nitrogens with zero attached hydrogens (tertiary/aromatic N) is 5. The molecule has 9 nitrogen and oxygen atoms in total. The Bertz CT molecular complexity index is 762. The maximum absolute atomic E-state index is 12.3. The summed E-state index contributed by atoms with van der Waals surface area (Å²) in [4.78, 5) is 25.1. The minimum absolute atomic E-state index is 0.108. The lowest BCUT2D eigenvalue weighted by Crippen LogP contribution is -2.44. The molecule has 3 rings (SSSR count). The maximum Gasteiger partial charge on any atom is 0.226 e. The molecule has 0 spiro atoms. The van der Waals surface area contributed by atoms with Gasteiger partial charge in [0.05, 0.1) is 24.3 Å². The molecule has 140 valence electrons. The minimum atomic E-state index is -0.127. The predicted octanol–water partition coefficient (Wildman–Crippen LogP) is 0.402. The standard InChI is InChI=1S/C17H24N6O3/c1-11-7-12(21-26-11)8-16(24)19-13-9-23(10-14(13)25-4)15-5-6-18-17(20-15)22(2)3/h5-7,13-14H,8-10H2,1-4H3,(H,19,24)/t13-,14+/m0/s1. The summed E-state index contributed by atoms with van der Waals surface area (Å²) in [5.74, 6) is 2.04. The first-order valence-corrected chi connectivity index (χ1v) is 8.46. The second-order valence-corrected chi connectivity index (χ2v) is 6.57. The summed E-state index contributed by atoms with van der Waals surface area (Å²) in [6.07, 6.45) is 1.80. The molecule has 3 heterocycles. The van der Waals surface area contributed by atoms with Crippen molar-refractivity contribution in [2.24, 2.45) is 0 Å². The van der Waals surface area contributed by atoms with Gasteiger partial charge in [0.25, 0.3) is 0 Å². The average Bonchev–Trinajstić information content (AvgIpc) is 3.20. The number of nitrogens with one attached hydrogen (secondary N) is 1. The third kappa shape index (κ3) is 4.10. The highest BCUT2D eigenvalue weighted by Gasteiger charge is 2.34. The molecule has 1 amide bonds. The second kappa shape index (κ2) is 7.69. The van der Waals surface area contributed by atoms with Crippen molar-refractivity contribution in [1.82, 2.24) is 20.4 Å². The number of hydrogen-bond acceptors (Lipinski definition) is 8. The molecule has 0 saturated carbocycles. The van der Waals surface area contributed by atoms with Crippen LogP contribution >= 0.6 is 0 Å². The van der Waals surface area contributed by atoms with Crippen LogP contribution in [0.3, 0.4) is 0 Å². The number of ether oxygens (including phenoxy) is 1. The lowest BCUT2D eigenvalue weighted by molar-refractivity contribution is -0.121. The number of aryl methyl sites for hydroxylation is 1. The van der Waals surface area contributed by atoms with Crippen molar-refractivity contribution in [1.29, 1.82) is 0 Å². The van der Waals surface area contributed by atoms with Gasteiger partial charge in [-0.05, 0) is 13.0 Å². The van der Waals surface area contributed by atoms with Crippen LogP contribution in [0, 0.1) is 6.92 Å². The van der Waals surface area contributed by atoms with Gasteiger partial charge in [-0.15, -0.1) is 0 Å². The first-order chi connectivity index (χ1) is 12.5. The van der Waals surface area contributed by atoms with Gasteiger partial charge in [0.2, 0.25) is 11.9 Å². The van der Waals surface area contributed by atoms with Crippen LogP contribution in [-0.4, -0.2) is 67.5 Å². The van der Waals surface area contributed by atoms with Crippen molar-refractivity contribution in [3.05, 3.63) is 29.8 Å². The monoisotopic (exact) mass is 360 g/mol. The van der Waals surface area contributed by atoms with E-state index >= 15 is 0 Å². The van der Waals surface area contributed by atoms with E-state index < -0.39 is 0 Å². The van der Waals surface area contributed by atoms with Crippen molar-refractivity contribution in [2.45, 2.75) is 25.5 Å². The molecule has 0 unspecified atom stereocenters. The fourth-order valence-electron chi connectivity index (χ4n) is 2.99. The first-order valence-electron chi connectivity index (χ1n) is 8.46. The molecule has 9 heteroatoms. The van der Waals surface area contributed by atoms with Gasteiger partial charge in [-0.25, -0.2) is 4.98 Å². The maximum atomic E-state index is 12.3. The number of carbonyl (C=O) groups excluding carboxylic acids is 1. The van der Waals surface area contributed by atoms with Gasteiger partial charge in [-0.2, -0.15) is 4.98 Å². The van der Waals surface area contributed by atoms with Crippen LogP contribution in [0.15, 0.2) is 22.9 Å². The molecule has 2 atom stereocenters. The van der Waals surface area contributed by atoms with E-state index in [2.05, 4.69) is 25.3 Å². The van der Waals surface area contributed by atoms with Crippen molar-refractivity contribution in [3.63, 3.8) is 0 Å². The number of aromatic nitrogens is 3. The third-order valence-electron chi connectivity index (χ3n) is 4.29. The zero-order valence-electron chi connectivity index (χ0n) is 15.5. The summed E-state index contributed by atoms with van der Waals surface area (Å²) < 4.78 is 10.6. The van der Waals surface area contributed by atoms with Crippen molar-refractivity contribution in [3.8, 4) is 0 Å². The van der Waals surface area contributed by atoms with Crippen LogP contribution in [-0.2, 0) is 16.0 Å². The Kier molecular flexibility index (Phi) is 5.36. The van der Waals surface area contributed by atoms with Crippen LogP contribution in [0.5, 0.6) is 0 Å². The van der Waals surface area contributed by atoms with E-state index in [1.807, 2.05) is 25.1 Å². The Morgan fingerprint density at radius 3 is 2.92 bits per heavy atom.